The number of nitrogens with one attached hydrogen (secondary N) is 1. The van der Waals surface area contributed by atoms with Crippen molar-refractivity contribution in [2.24, 2.45) is 7.05 Å². The van der Waals surface area contributed by atoms with Crippen LogP contribution >= 0.6 is 0 Å². The van der Waals surface area contributed by atoms with Crippen molar-refractivity contribution in [2.75, 3.05) is 5.32 Å². The predicted octanol–water partition coefficient (Wildman–Crippen LogP) is 1.79. The maximum atomic E-state index is 13.7. The third-order valence-electron chi connectivity index (χ3n) is 5.84. The van der Waals surface area contributed by atoms with Gasteiger partial charge in [0.15, 0.2) is 22.8 Å². The van der Waals surface area contributed by atoms with Gasteiger partial charge in [0.05, 0.1) is 31.0 Å². The van der Waals surface area contributed by atoms with E-state index in [1.807, 2.05) is 0 Å². The molecular formula is C24H24F2N8O4. The van der Waals surface area contributed by atoms with Crippen LogP contribution in [0.1, 0.15) is 31.5 Å². The average Bonchev–Trinajstić information content (AvgIpc) is 3.28. The molecule has 0 unspecified atom stereocenters. The number of ketones is 1. The summed E-state index contributed by atoms with van der Waals surface area (Å²) in [6, 6.07) is 1.51. The van der Waals surface area contributed by atoms with E-state index >= 15 is 0 Å². The highest BCUT2D eigenvalue weighted by atomic mass is 19.3. The SMILES string of the molecule is CCC(=O)Cn1c(=O)c2c(ncn2CC(=O)Nc2cncc(-c3cnc(C(C)(F)F)c(C)c3)n2)n(C)c1=O. The maximum absolute atomic E-state index is 13.7. The van der Waals surface area contributed by atoms with Gasteiger partial charge in [-0.2, -0.15) is 8.78 Å². The molecule has 14 heteroatoms. The molecular weight excluding hydrogens is 502 g/mol. The molecule has 0 spiro atoms. The number of aromatic nitrogens is 7. The molecule has 0 aliphatic heterocycles. The minimum atomic E-state index is -3.09. The van der Waals surface area contributed by atoms with E-state index in [9.17, 15) is 28.0 Å². The van der Waals surface area contributed by atoms with Crippen LogP contribution in [0.3, 0.4) is 0 Å². The van der Waals surface area contributed by atoms with Gasteiger partial charge in [-0.1, -0.05) is 6.92 Å². The van der Waals surface area contributed by atoms with E-state index in [1.165, 1.54) is 49.5 Å². The van der Waals surface area contributed by atoms with Gasteiger partial charge in [0.1, 0.15) is 12.2 Å². The topological polar surface area (TPSA) is 147 Å². The lowest BCUT2D eigenvalue weighted by Crippen LogP contribution is -2.41. The van der Waals surface area contributed by atoms with Crippen LogP contribution in [0.4, 0.5) is 14.6 Å². The number of anilines is 1. The van der Waals surface area contributed by atoms with Crippen LogP contribution in [0.25, 0.3) is 22.4 Å². The molecule has 0 fully saturated rings. The molecule has 4 aromatic rings. The minimum Gasteiger partial charge on any atom is -0.315 e. The zero-order valence-electron chi connectivity index (χ0n) is 21.0. The normalized spacial score (nSPS) is 11.6. The lowest BCUT2D eigenvalue weighted by molar-refractivity contribution is -0.119. The van der Waals surface area contributed by atoms with E-state index in [2.05, 4.69) is 25.3 Å². The molecule has 198 valence electrons. The summed E-state index contributed by atoms with van der Waals surface area (Å²) in [6.07, 6.45) is 5.36. The molecule has 4 aromatic heterocycles. The van der Waals surface area contributed by atoms with E-state index in [0.29, 0.717) is 11.3 Å². The Morgan fingerprint density at radius 2 is 1.84 bits per heavy atom. The number of pyridine rings is 1. The number of carbonyl (C=O) groups is 2. The second-order valence-corrected chi connectivity index (χ2v) is 8.79. The van der Waals surface area contributed by atoms with Crippen LogP contribution in [0, 0.1) is 6.92 Å². The number of Topliss-reactive ketones (excluding diaryl/α,β-unsaturated/α-hetero) is 1. The van der Waals surface area contributed by atoms with Crippen molar-refractivity contribution in [3.63, 3.8) is 0 Å². The largest absolute Gasteiger partial charge is 0.332 e. The number of amides is 1. The Morgan fingerprint density at radius 1 is 1.11 bits per heavy atom. The van der Waals surface area contributed by atoms with Crippen LogP contribution in [0.15, 0.2) is 40.6 Å². The summed E-state index contributed by atoms with van der Waals surface area (Å²) in [5, 5.41) is 2.57. The lowest BCUT2D eigenvalue weighted by Gasteiger charge is -2.13. The summed E-state index contributed by atoms with van der Waals surface area (Å²) in [6.45, 7) is 3.17. The van der Waals surface area contributed by atoms with Crippen molar-refractivity contribution >= 4 is 28.7 Å². The summed E-state index contributed by atoms with van der Waals surface area (Å²) in [5.41, 5.74) is -0.703. The van der Waals surface area contributed by atoms with Gasteiger partial charge in [0.2, 0.25) is 5.91 Å². The van der Waals surface area contributed by atoms with E-state index in [-0.39, 0.29) is 53.5 Å². The Bertz CT molecular complexity index is 1680. The van der Waals surface area contributed by atoms with Crippen LogP contribution < -0.4 is 16.6 Å². The number of fused-ring (bicyclic) bond motifs is 1. The van der Waals surface area contributed by atoms with Crippen molar-refractivity contribution in [2.45, 2.75) is 46.2 Å². The minimum absolute atomic E-state index is 0.0136. The predicted molar refractivity (Wildman–Crippen MR) is 133 cm³/mol. The van der Waals surface area contributed by atoms with Gasteiger partial charge in [0, 0.05) is 32.2 Å². The first-order chi connectivity index (χ1) is 17.9. The molecule has 1 amide bonds. The van der Waals surface area contributed by atoms with E-state index in [4.69, 9.17) is 0 Å². The zero-order valence-corrected chi connectivity index (χ0v) is 21.0. The third-order valence-corrected chi connectivity index (χ3v) is 5.84. The van der Waals surface area contributed by atoms with Gasteiger partial charge in [-0.05, 0) is 18.6 Å². The van der Waals surface area contributed by atoms with E-state index in [1.54, 1.807) is 6.92 Å². The molecule has 0 aromatic carbocycles. The highest BCUT2D eigenvalue weighted by Crippen LogP contribution is 2.29. The molecule has 0 radical (unpaired) electrons. The summed E-state index contributed by atoms with van der Waals surface area (Å²) in [5.74, 6) is -3.88. The van der Waals surface area contributed by atoms with Crippen LogP contribution in [-0.4, -0.2) is 45.3 Å². The molecule has 0 saturated heterocycles. The van der Waals surface area contributed by atoms with Gasteiger partial charge >= 0.3 is 5.69 Å². The lowest BCUT2D eigenvalue weighted by atomic mass is 10.1. The monoisotopic (exact) mass is 526 g/mol. The first-order valence-corrected chi connectivity index (χ1v) is 11.5. The highest BCUT2D eigenvalue weighted by molar-refractivity contribution is 5.90. The van der Waals surface area contributed by atoms with Crippen molar-refractivity contribution in [3.8, 4) is 11.3 Å². The fourth-order valence-electron chi connectivity index (χ4n) is 3.95. The van der Waals surface area contributed by atoms with Crippen molar-refractivity contribution in [3.05, 3.63) is 63.1 Å². The van der Waals surface area contributed by atoms with Gasteiger partial charge in [-0.25, -0.2) is 14.8 Å². The number of hydrogen-bond acceptors (Lipinski definition) is 8. The summed E-state index contributed by atoms with van der Waals surface area (Å²) < 4.78 is 30.6. The second-order valence-electron chi connectivity index (χ2n) is 8.79. The Labute approximate surface area is 214 Å². The number of imidazole rings is 1. The molecule has 0 atom stereocenters. The van der Waals surface area contributed by atoms with Gasteiger partial charge in [0.25, 0.3) is 11.5 Å². The smallest absolute Gasteiger partial charge is 0.315 e. The van der Waals surface area contributed by atoms with Gasteiger partial charge in [-0.3, -0.25) is 33.5 Å². The Balaban J connectivity index is 1.59. The number of halogens is 2. The van der Waals surface area contributed by atoms with Crippen LogP contribution in [0.5, 0.6) is 0 Å². The van der Waals surface area contributed by atoms with Gasteiger partial charge in [-0.15, -0.1) is 0 Å². The van der Waals surface area contributed by atoms with Crippen molar-refractivity contribution < 1.29 is 18.4 Å². The zero-order chi connectivity index (χ0) is 27.8. The molecule has 38 heavy (non-hydrogen) atoms. The molecule has 1 N–H and O–H groups in total. The molecule has 0 aliphatic rings. The van der Waals surface area contributed by atoms with E-state index in [0.717, 1.165) is 16.1 Å². The van der Waals surface area contributed by atoms with Crippen LogP contribution in [0.2, 0.25) is 0 Å². The van der Waals surface area contributed by atoms with Gasteiger partial charge < -0.3 is 9.88 Å². The molecule has 4 rings (SSSR count). The average molecular weight is 527 g/mol. The molecule has 0 aliphatic carbocycles. The first-order valence-electron chi connectivity index (χ1n) is 11.5. The summed E-state index contributed by atoms with van der Waals surface area (Å²) >= 11 is 0. The van der Waals surface area contributed by atoms with Crippen molar-refractivity contribution in [1.29, 1.82) is 0 Å². The number of alkyl halides is 2. The van der Waals surface area contributed by atoms with E-state index < -0.39 is 23.1 Å². The van der Waals surface area contributed by atoms with Crippen LogP contribution in [-0.2, 0) is 35.6 Å². The number of carbonyl (C=O) groups excluding carboxylic acids is 2. The fraction of sp³-hybridized carbons (Fsp3) is 0.333. The maximum Gasteiger partial charge on any atom is 0.332 e. The van der Waals surface area contributed by atoms with Crippen molar-refractivity contribution in [1.82, 2.24) is 33.6 Å². The standard InChI is InChI=1S/C24H24F2N8O4/c1-5-15(35)10-34-22(37)19-21(32(4)23(34)38)29-12-33(19)11-18(36)31-17-9-27-8-16(30-17)14-6-13(2)20(28-7-14)24(3,25)26/h6-9,12H,5,10-11H2,1-4H3,(H,30,31,36). The molecule has 0 bridgehead atoms. The fourth-order valence-corrected chi connectivity index (χ4v) is 3.95. The highest BCUT2D eigenvalue weighted by Gasteiger charge is 2.28. The number of rotatable bonds is 8. The molecule has 4 heterocycles. The summed E-state index contributed by atoms with van der Waals surface area (Å²) in [4.78, 5) is 66.6. The third kappa shape index (κ3) is 5.10. The Hall–Kier alpha value is -4.62. The number of nitrogens with zero attached hydrogens (tertiary/aromatic N) is 7. The Kier molecular flexibility index (Phi) is 6.98. The number of aryl methyl sites for hydroxylation is 2. The quantitative estimate of drug-likeness (QED) is 0.366. The molecule has 0 saturated carbocycles. The molecule has 12 nitrogen and oxygen atoms in total. The number of hydrogen-bond donors (Lipinski definition) is 1. The first kappa shape index (κ1) is 26.4. The second kappa shape index (κ2) is 10.0. The Morgan fingerprint density at radius 3 is 2.50 bits per heavy atom. The summed E-state index contributed by atoms with van der Waals surface area (Å²) in [7, 11) is 1.42.